The van der Waals surface area contributed by atoms with Crippen LogP contribution in [0, 0.1) is 11.6 Å². The number of thiophene rings is 1. The largest absolute Gasteiger partial charge is 0.335 e. The molecule has 2 aromatic rings. The molecule has 1 aliphatic carbocycles. The minimum atomic E-state index is -4.14. The number of nitrogens with zero attached hydrogens (tertiary/aromatic N) is 2. The van der Waals surface area contributed by atoms with Crippen LogP contribution >= 0.6 is 11.3 Å². The van der Waals surface area contributed by atoms with Crippen molar-refractivity contribution in [2.75, 3.05) is 26.2 Å². The van der Waals surface area contributed by atoms with Gasteiger partial charge in [0.25, 0.3) is 5.91 Å². The van der Waals surface area contributed by atoms with E-state index in [2.05, 4.69) is 0 Å². The van der Waals surface area contributed by atoms with E-state index >= 15 is 0 Å². The molecule has 1 aromatic carbocycles. The van der Waals surface area contributed by atoms with E-state index in [1.54, 1.807) is 4.90 Å². The first kappa shape index (κ1) is 18.5. The summed E-state index contributed by atoms with van der Waals surface area (Å²) in [5.74, 6) is -1.89. The minimum Gasteiger partial charge on any atom is -0.335 e. The predicted octanol–water partition coefficient (Wildman–Crippen LogP) is 2.66. The van der Waals surface area contributed by atoms with Crippen LogP contribution in [-0.4, -0.2) is 49.7 Å². The normalized spacial score (nSPS) is 17.9. The molecule has 0 unspecified atom stereocenters. The Balaban J connectivity index is 1.46. The quantitative estimate of drug-likeness (QED) is 0.779. The molecule has 5 nitrogen and oxygen atoms in total. The second kappa shape index (κ2) is 6.96. The van der Waals surface area contributed by atoms with Crippen LogP contribution in [0.4, 0.5) is 8.78 Å². The van der Waals surface area contributed by atoms with E-state index in [1.807, 2.05) is 6.07 Å². The SMILES string of the molecule is O=C(c1cc2c(s1)CCC2)N1CCN(S(=O)(=O)c2cc(F)ccc2F)CC1. The van der Waals surface area contributed by atoms with Gasteiger partial charge in [-0.25, -0.2) is 17.2 Å². The first-order valence-corrected chi connectivity index (χ1v) is 11.0. The first-order valence-electron chi connectivity index (χ1n) is 8.72. The van der Waals surface area contributed by atoms with Crippen LogP contribution in [0.5, 0.6) is 0 Å². The third-order valence-corrected chi connectivity index (χ3v) is 8.13. The molecule has 144 valence electrons. The first-order chi connectivity index (χ1) is 12.9. The number of rotatable bonds is 3. The molecule has 2 aliphatic rings. The Kier molecular flexibility index (Phi) is 4.77. The molecule has 1 saturated heterocycles. The minimum absolute atomic E-state index is 0.0507. The monoisotopic (exact) mass is 412 g/mol. The molecular formula is C18H18F2N2O3S2. The highest BCUT2D eigenvalue weighted by Gasteiger charge is 2.33. The van der Waals surface area contributed by atoms with Gasteiger partial charge in [0.2, 0.25) is 10.0 Å². The van der Waals surface area contributed by atoms with Gasteiger partial charge in [-0.15, -0.1) is 11.3 Å². The van der Waals surface area contributed by atoms with E-state index in [-0.39, 0.29) is 32.1 Å². The van der Waals surface area contributed by atoms with Gasteiger partial charge >= 0.3 is 0 Å². The lowest BCUT2D eigenvalue weighted by Crippen LogP contribution is -2.50. The third-order valence-electron chi connectivity index (χ3n) is 4.99. The maximum atomic E-state index is 13.9. The Morgan fingerprint density at radius 3 is 2.48 bits per heavy atom. The second-order valence-corrected chi connectivity index (χ2v) is 9.73. The summed E-state index contributed by atoms with van der Waals surface area (Å²) in [5, 5.41) is 0. The molecule has 1 amide bonds. The van der Waals surface area contributed by atoms with Crippen LogP contribution in [-0.2, 0) is 22.9 Å². The van der Waals surface area contributed by atoms with E-state index in [9.17, 15) is 22.0 Å². The lowest BCUT2D eigenvalue weighted by molar-refractivity contribution is 0.0702. The fraction of sp³-hybridized carbons (Fsp3) is 0.389. The predicted molar refractivity (Wildman–Crippen MR) is 97.4 cm³/mol. The topological polar surface area (TPSA) is 57.7 Å². The zero-order valence-electron chi connectivity index (χ0n) is 14.5. The zero-order chi connectivity index (χ0) is 19.2. The standard InChI is InChI=1S/C18H18F2N2O3S2/c19-13-4-5-14(20)17(11-13)27(24,25)22-8-6-21(7-9-22)18(23)16-10-12-2-1-3-15(12)26-16/h4-5,10-11H,1-3,6-9H2. The molecule has 27 heavy (non-hydrogen) atoms. The summed E-state index contributed by atoms with van der Waals surface area (Å²) in [4.78, 5) is 15.6. The number of sulfonamides is 1. The van der Waals surface area contributed by atoms with Gasteiger partial charge in [0, 0.05) is 31.1 Å². The highest BCUT2D eigenvalue weighted by Crippen LogP contribution is 2.31. The van der Waals surface area contributed by atoms with E-state index in [1.165, 1.54) is 21.8 Å². The number of piperazine rings is 1. The van der Waals surface area contributed by atoms with Crippen molar-refractivity contribution >= 4 is 27.3 Å². The number of hydrogen-bond acceptors (Lipinski definition) is 4. The van der Waals surface area contributed by atoms with Crippen molar-refractivity contribution < 1.29 is 22.0 Å². The fourth-order valence-corrected chi connectivity index (χ4v) is 6.26. The summed E-state index contributed by atoms with van der Waals surface area (Å²) in [6.07, 6.45) is 3.14. The van der Waals surface area contributed by atoms with Gasteiger partial charge in [0.15, 0.2) is 0 Å². The van der Waals surface area contributed by atoms with Gasteiger partial charge < -0.3 is 4.90 Å². The molecule has 0 bridgehead atoms. The Labute approximate surface area is 160 Å². The Morgan fingerprint density at radius 1 is 1.04 bits per heavy atom. The molecule has 0 radical (unpaired) electrons. The third kappa shape index (κ3) is 3.39. The molecule has 0 spiro atoms. The summed E-state index contributed by atoms with van der Waals surface area (Å²) < 4.78 is 53.6. The van der Waals surface area contributed by atoms with Gasteiger partial charge in [-0.3, -0.25) is 4.79 Å². The van der Waals surface area contributed by atoms with Crippen molar-refractivity contribution in [3.05, 3.63) is 51.2 Å². The average molecular weight is 412 g/mol. The Bertz CT molecular complexity index is 975. The summed E-state index contributed by atoms with van der Waals surface area (Å²) >= 11 is 1.52. The van der Waals surface area contributed by atoms with Crippen molar-refractivity contribution in [1.29, 1.82) is 0 Å². The molecule has 1 aliphatic heterocycles. The maximum Gasteiger partial charge on any atom is 0.264 e. The molecule has 2 heterocycles. The van der Waals surface area contributed by atoms with Gasteiger partial charge in [-0.2, -0.15) is 4.31 Å². The summed E-state index contributed by atoms with van der Waals surface area (Å²) in [6.45, 7) is 0.541. The summed E-state index contributed by atoms with van der Waals surface area (Å²) in [6, 6.07) is 4.32. The lowest BCUT2D eigenvalue weighted by Gasteiger charge is -2.33. The van der Waals surface area contributed by atoms with Crippen LogP contribution in [0.3, 0.4) is 0 Å². The van der Waals surface area contributed by atoms with Crippen molar-refractivity contribution in [3.8, 4) is 0 Å². The van der Waals surface area contributed by atoms with E-state index in [0.717, 1.165) is 35.7 Å². The van der Waals surface area contributed by atoms with Gasteiger partial charge in [-0.05, 0) is 49.1 Å². The smallest absolute Gasteiger partial charge is 0.264 e. The number of carbonyl (C=O) groups excluding carboxylic acids is 1. The number of hydrogen-bond donors (Lipinski definition) is 0. The van der Waals surface area contributed by atoms with E-state index in [0.29, 0.717) is 10.9 Å². The summed E-state index contributed by atoms with van der Waals surface area (Å²) in [7, 11) is -4.14. The average Bonchev–Trinajstić information content (AvgIpc) is 3.25. The van der Waals surface area contributed by atoms with Crippen LogP contribution in [0.15, 0.2) is 29.2 Å². The second-order valence-electron chi connectivity index (χ2n) is 6.68. The van der Waals surface area contributed by atoms with Crippen molar-refractivity contribution in [1.82, 2.24) is 9.21 Å². The molecule has 1 fully saturated rings. The van der Waals surface area contributed by atoms with Crippen LogP contribution in [0.2, 0.25) is 0 Å². The highest BCUT2D eigenvalue weighted by atomic mass is 32.2. The molecule has 0 N–H and O–H groups in total. The van der Waals surface area contributed by atoms with Crippen molar-refractivity contribution in [3.63, 3.8) is 0 Å². The van der Waals surface area contributed by atoms with Crippen LogP contribution < -0.4 is 0 Å². The molecule has 0 saturated carbocycles. The highest BCUT2D eigenvalue weighted by molar-refractivity contribution is 7.89. The number of fused-ring (bicyclic) bond motifs is 1. The number of carbonyl (C=O) groups is 1. The number of halogens is 2. The molecule has 0 atom stereocenters. The van der Waals surface area contributed by atoms with E-state index < -0.39 is 26.6 Å². The maximum absolute atomic E-state index is 13.9. The molecule has 9 heteroatoms. The van der Waals surface area contributed by atoms with Crippen LogP contribution in [0.1, 0.15) is 26.5 Å². The van der Waals surface area contributed by atoms with E-state index in [4.69, 9.17) is 0 Å². The van der Waals surface area contributed by atoms with Gasteiger partial charge in [0.1, 0.15) is 16.5 Å². The molecule has 4 rings (SSSR count). The number of benzene rings is 1. The van der Waals surface area contributed by atoms with Crippen LogP contribution in [0.25, 0.3) is 0 Å². The van der Waals surface area contributed by atoms with Gasteiger partial charge in [0.05, 0.1) is 4.88 Å². The molecular weight excluding hydrogens is 394 g/mol. The molecule has 1 aromatic heterocycles. The zero-order valence-corrected chi connectivity index (χ0v) is 16.1. The Hall–Kier alpha value is -1.84. The summed E-state index contributed by atoms with van der Waals surface area (Å²) in [5.41, 5.74) is 1.24. The Morgan fingerprint density at radius 2 is 1.78 bits per heavy atom. The van der Waals surface area contributed by atoms with Gasteiger partial charge in [-0.1, -0.05) is 0 Å². The lowest BCUT2D eigenvalue weighted by atomic mass is 10.2. The van der Waals surface area contributed by atoms with Crippen molar-refractivity contribution in [2.24, 2.45) is 0 Å². The fourth-order valence-electron chi connectivity index (χ4n) is 3.54. The van der Waals surface area contributed by atoms with Crippen molar-refractivity contribution in [2.45, 2.75) is 24.2 Å². The number of amides is 1. The number of aryl methyl sites for hydroxylation is 2.